The van der Waals surface area contributed by atoms with E-state index in [9.17, 15) is 4.39 Å². The van der Waals surface area contributed by atoms with Gasteiger partial charge in [-0.15, -0.1) is 0 Å². The number of rotatable bonds is 4. The molecular formula is C15H13FN4S. The fourth-order valence-electron chi connectivity index (χ4n) is 1.79. The number of hydrogen-bond acceptors (Lipinski definition) is 4. The number of aryl methyl sites for hydroxylation is 1. The van der Waals surface area contributed by atoms with E-state index in [0.717, 1.165) is 27.8 Å². The third kappa shape index (κ3) is 3.46. The van der Waals surface area contributed by atoms with Crippen LogP contribution in [0.2, 0.25) is 0 Å². The molecule has 0 bridgehead atoms. The lowest BCUT2D eigenvalue weighted by atomic mass is 10.2. The van der Waals surface area contributed by atoms with Crippen molar-refractivity contribution < 1.29 is 4.39 Å². The predicted molar refractivity (Wildman–Crippen MR) is 80.3 cm³/mol. The summed E-state index contributed by atoms with van der Waals surface area (Å²) in [4.78, 5) is 16.0. The molecule has 0 aliphatic rings. The van der Waals surface area contributed by atoms with Gasteiger partial charge in [0.1, 0.15) is 5.82 Å². The Hall–Kier alpha value is -2.21. The first-order valence-electron chi connectivity index (χ1n) is 6.42. The summed E-state index contributed by atoms with van der Waals surface area (Å²) in [5.74, 6) is 0.453. The molecule has 0 saturated carbocycles. The molecule has 3 aromatic rings. The molecule has 0 aliphatic heterocycles. The maximum atomic E-state index is 12.9. The SMILES string of the molecule is Cc1cnc(CSc2ncc(-c3ccc(F)cc3)[nH]2)cn1. The maximum Gasteiger partial charge on any atom is 0.166 e. The van der Waals surface area contributed by atoms with Crippen molar-refractivity contribution in [2.75, 3.05) is 0 Å². The third-order valence-electron chi connectivity index (χ3n) is 2.90. The second-order valence-electron chi connectivity index (χ2n) is 4.55. The highest BCUT2D eigenvalue weighted by atomic mass is 32.2. The number of H-pyrrole nitrogens is 1. The Kier molecular flexibility index (Phi) is 3.96. The van der Waals surface area contributed by atoms with Crippen LogP contribution in [0.3, 0.4) is 0 Å². The molecule has 3 rings (SSSR count). The minimum atomic E-state index is -0.245. The zero-order valence-corrected chi connectivity index (χ0v) is 12.2. The zero-order chi connectivity index (χ0) is 14.7. The average Bonchev–Trinajstić information content (AvgIpc) is 2.96. The molecule has 1 N–H and O–H groups in total. The van der Waals surface area contributed by atoms with Crippen LogP contribution < -0.4 is 0 Å². The first kappa shape index (κ1) is 13.8. The number of hydrogen-bond donors (Lipinski definition) is 1. The van der Waals surface area contributed by atoms with E-state index >= 15 is 0 Å². The Labute approximate surface area is 125 Å². The highest BCUT2D eigenvalue weighted by Gasteiger charge is 2.05. The Morgan fingerprint density at radius 1 is 1.05 bits per heavy atom. The molecule has 1 aromatic carbocycles. The highest BCUT2D eigenvalue weighted by Crippen LogP contribution is 2.23. The van der Waals surface area contributed by atoms with E-state index in [1.165, 1.54) is 12.1 Å². The lowest BCUT2D eigenvalue weighted by Gasteiger charge is -1.99. The zero-order valence-electron chi connectivity index (χ0n) is 11.4. The number of imidazole rings is 1. The molecule has 2 heterocycles. The first-order chi connectivity index (χ1) is 10.2. The number of benzene rings is 1. The van der Waals surface area contributed by atoms with Gasteiger partial charge in [0.25, 0.3) is 0 Å². The van der Waals surface area contributed by atoms with Crippen LogP contribution in [0.1, 0.15) is 11.4 Å². The lowest BCUT2D eigenvalue weighted by Crippen LogP contribution is -1.90. The second kappa shape index (κ2) is 6.05. The summed E-state index contributed by atoms with van der Waals surface area (Å²) in [5.41, 5.74) is 3.59. The first-order valence-corrected chi connectivity index (χ1v) is 7.40. The molecule has 21 heavy (non-hydrogen) atoms. The van der Waals surface area contributed by atoms with Gasteiger partial charge in [-0.1, -0.05) is 11.8 Å². The van der Waals surface area contributed by atoms with Gasteiger partial charge in [0.05, 0.1) is 23.3 Å². The fourth-order valence-corrected chi connectivity index (χ4v) is 2.53. The van der Waals surface area contributed by atoms with Crippen molar-refractivity contribution in [2.45, 2.75) is 17.8 Å². The van der Waals surface area contributed by atoms with E-state index in [0.29, 0.717) is 5.75 Å². The Bertz CT molecular complexity index is 722. The molecule has 0 unspecified atom stereocenters. The van der Waals surface area contributed by atoms with Gasteiger partial charge in [0.2, 0.25) is 0 Å². The van der Waals surface area contributed by atoms with Crippen LogP contribution in [0, 0.1) is 12.7 Å². The molecule has 0 radical (unpaired) electrons. The van der Waals surface area contributed by atoms with E-state index in [-0.39, 0.29) is 5.82 Å². The van der Waals surface area contributed by atoms with Crippen molar-refractivity contribution in [2.24, 2.45) is 0 Å². The van der Waals surface area contributed by atoms with Crippen molar-refractivity contribution >= 4 is 11.8 Å². The molecule has 0 fully saturated rings. The van der Waals surface area contributed by atoms with E-state index in [1.807, 2.05) is 6.92 Å². The number of thioether (sulfide) groups is 1. The van der Waals surface area contributed by atoms with Crippen LogP contribution in [0.15, 0.2) is 48.0 Å². The van der Waals surface area contributed by atoms with Gasteiger partial charge in [0.15, 0.2) is 5.16 Å². The number of halogens is 1. The third-order valence-corrected chi connectivity index (χ3v) is 3.82. The van der Waals surface area contributed by atoms with Gasteiger partial charge in [-0.3, -0.25) is 9.97 Å². The van der Waals surface area contributed by atoms with Gasteiger partial charge in [-0.25, -0.2) is 9.37 Å². The summed E-state index contributed by atoms with van der Waals surface area (Å²) in [7, 11) is 0. The number of nitrogens with zero attached hydrogens (tertiary/aromatic N) is 3. The second-order valence-corrected chi connectivity index (χ2v) is 5.51. The minimum absolute atomic E-state index is 0.245. The Morgan fingerprint density at radius 2 is 1.86 bits per heavy atom. The lowest BCUT2D eigenvalue weighted by molar-refractivity contribution is 0.628. The predicted octanol–water partition coefficient (Wildman–Crippen LogP) is 3.61. The molecule has 0 spiro atoms. The summed E-state index contributed by atoms with van der Waals surface area (Å²) in [5, 5.41) is 0.803. The van der Waals surface area contributed by atoms with Crippen LogP contribution in [-0.4, -0.2) is 19.9 Å². The molecular weight excluding hydrogens is 287 g/mol. The molecule has 0 aliphatic carbocycles. The number of aromatic nitrogens is 4. The van der Waals surface area contributed by atoms with Crippen LogP contribution in [0.5, 0.6) is 0 Å². The standard InChI is InChI=1S/C15H13FN4S/c1-10-6-18-13(7-17-10)9-21-15-19-8-14(20-15)11-2-4-12(16)5-3-11/h2-8H,9H2,1H3,(H,19,20). The highest BCUT2D eigenvalue weighted by molar-refractivity contribution is 7.98. The molecule has 0 saturated heterocycles. The smallest absolute Gasteiger partial charge is 0.166 e. The maximum absolute atomic E-state index is 12.9. The van der Waals surface area contributed by atoms with Gasteiger partial charge in [-0.2, -0.15) is 0 Å². The Balaban J connectivity index is 1.67. The van der Waals surface area contributed by atoms with Crippen LogP contribution in [0.25, 0.3) is 11.3 Å². The summed E-state index contributed by atoms with van der Waals surface area (Å²) in [6.07, 6.45) is 5.27. The minimum Gasteiger partial charge on any atom is -0.333 e. The summed E-state index contributed by atoms with van der Waals surface area (Å²) in [6.45, 7) is 1.91. The molecule has 2 aromatic heterocycles. The van der Waals surface area contributed by atoms with Gasteiger partial charge >= 0.3 is 0 Å². The van der Waals surface area contributed by atoms with Crippen LogP contribution in [0.4, 0.5) is 4.39 Å². The molecule has 4 nitrogen and oxygen atoms in total. The summed E-state index contributed by atoms with van der Waals surface area (Å²) < 4.78 is 12.9. The number of nitrogens with one attached hydrogen (secondary N) is 1. The van der Waals surface area contributed by atoms with Gasteiger partial charge in [0, 0.05) is 18.1 Å². The monoisotopic (exact) mass is 300 g/mol. The van der Waals surface area contributed by atoms with Crippen molar-refractivity contribution in [1.29, 1.82) is 0 Å². The summed E-state index contributed by atoms with van der Waals surface area (Å²) in [6, 6.07) is 6.32. The number of aromatic amines is 1. The van der Waals surface area contributed by atoms with Gasteiger partial charge in [-0.05, 0) is 36.8 Å². The topological polar surface area (TPSA) is 54.5 Å². The largest absolute Gasteiger partial charge is 0.333 e. The van der Waals surface area contributed by atoms with Crippen molar-refractivity contribution in [3.8, 4) is 11.3 Å². The van der Waals surface area contributed by atoms with E-state index in [2.05, 4.69) is 19.9 Å². The Morgan fingerprint density at radius 3 is 2.57 bits per heavy atom. The van der Waals surface area contributed by atoms with Crippen molar-refractivity contribution in [3.05, 3.63) is 60.1 Å². The molecule has 106 valence electrons. The normalized spacial score (nSPS) is 10.8. The van der Waals surface area contributed by atoms with Gasteiger partial charge < -0.3 is 4.98 Å². The van der Waals surface area contributed by atoms with Crippen LogP contribution in [-0.2, 0) is 5.75 Å². The van der Waals surface area contributed by atoms with E-state index in [4.69, 9.17) is 0 Å². The quantitative estimate of drug-likeness (QED) is 0.748. The van der Waals surface area contributed by atoms with E-state index < -0.39 is 0 Å². The molecule has 0 amide bonds. The fraction of sp³-hybridized carbons (Fsp3) is 0.133. The van der Waals surface area contributed by atoms with E-state index in [1.54, 1.807) is 42.5 Å². The molecule has 6 heteroatoms. The van der Waals surface area contributed by atoms with Crippen molar-refractivity contribution in [3.63, 3.8) is 0 Å². The van der Waals surface area contributed by atoms with Crippen LogP contribution >= 0.6 is 11.8 Å². The molecule has 0 atom stereocenters. The van der Waals surface area contributed by atoms with Crippen molar-refractivity contribution in [1.82, 2.24) is 19.9 Å². The average molecular weight is 300 g/mol. The summed E-state index contributed by atoms with van der Waals surface area (Å²) >= 11 is 1.55.